The standard InChI is InChI=1S/C54H38S2/c55-53-33-29-51(30-34-53)49-25-21-47(22-26-49)45-17-13-43(14-18-45)41-9-5-39(6-10-41)37-1-2-38(4-3-37)40-7-11-42(12-8-40)44-15-19-46(20-16-44)48-23-27-50(28-24-48)52-31-35-54(56)36-32-52/h1-36,55-56H. The molecule has 9 aromatic carbocycles. The topological polar surface area (TPSA) is 0 Å². The number of rotatable bonds is 8. The molecule has 9 aromatic rings. The van der Waals surface area contributed by atoms with Gasteiger partial charge in [-0.2, -0.15) is 0 Å². The first-order valence-corrected chi connectivity index (χ1v) is 19.7. The van der Waals surface area contributed by atoms with Crippen LogP contribution in [0.5, 0.6) is 0 Å². The Morgan fingerprint density at radius 2 is 0.196 bits per heavy atom. The first-order chi connectivity index (χ1) is 27.5. The normalized spacial score (nSPS) is 11.0. The summed E-state index contributed by atoms with van der Waals surface area (Å²) in [6, 6.07) is 78.4. The zero-order chi connectivity index (χ0) is 37.8. The minimum atomic E-state index is 0.974. The summed E-state index contributed by atoms with van der Waals surface area (Å²) in [6.07, 6.45) is 0. The Morgan fingerprint density at radius 3 is 0.286 bits per heavy atom. The largest absolute Gasteiger partial charge is 0.143 e. The molecule has 0 heterocycles. The van der Waals surface area contributed by atoms with Gasteiger partial charge in [0.1, 0.15) is 0 Å². The molecular weight excluding hydrogens is 713 g/mol. The van der Waals surface area contributed by atoms with Crippen LogP contribution in [0, 0.1) is 0 Å². The number of hydrogen-bond acceptors (Lipinski definition) is 2. The van der Waals surface area contributed by atoms with Gasteiger partial charge in [-0.1, -0.05) is 194 Å². The zero-order valence-corrected chi connectivity index (χ0v) is 32.5. The SMILES string of the molecule is Sc1ccc(-c2ccc(-c3ccc(-c4ccc(-c5ccc(-c6ccc(-c7ccc(-c8ccc(-c9ccc(S)cc9)cc8)cc7)cc6)cc5)cc4)cc3)cc2)cc1. The van der Waals surface area contributed by atoms with Gasteiger partial charge in [-0.25, -0.2) is 0 Å². The van der Waals surface area contributed by atoms with Crippen LogP contribution in [0.4, 0.5) is 0 Å². The molecule has 0 aliphatic carbocycles. The minimum Gasteiger partial charge on any atom is -0.143 e. The van der Waals surface area contributed by atoms with E-state index >= 15 is 0 Å². The summed E-state index contributed by atoms with van der Waals surface area (Å²) in [5.41, 5.74) is 19.3. The Bertz CT molecular complexity index is 2500. The van der Waals surface area contributed by atoms with Crippen LogP contribution in [0.15, 0.2) is 228 Å². The summed E-state index contributed by atoms with van der Waals surface area (Å²) in [4.78, 5) is 1.95. The van der Waals surface area contributed by atoms with Crippen molar-refractivity contribution in [2.24, 2.45) is 0 Å². The highest BCUT2D eigenvalue weighted by Gasteiger charge is 2.07. The molecule has 0 aromatic heterocycles. The van der Waals surface area contributed by atoms with Crippen molar-refractivity contribution >= 4 is 25.3 Å². The lowest BCUT2D eigenvalue weighted by molar-refractivity contribution is 1.47. The smallest absolute Gasteiger partial charge is 0.00404 e. The van der Waals surface area contributed by atoms with Crippen LogP contribution in [0.3, 0.4) is 0 Å². The Kier molecular flexibility index (Phi) is 9.99. The van der Waals surface area contributed by atoms with Crippen LogP contribution in [-0.4, -0.2) is 0 Å². The van der Waals surface area contributed by atoms with Crippen LogP contribution in [0.2, 0.25) is 0 Å². The second-order valence-electron chi connectivity index (χ2n) is 14.1. The van der Waals surface area contributed by atoms with E-state index in [1.807, 2.05) is 24.3 Å². The molecule has 0 unspecified atom stereocenters. The quantitative estimate of drug-likeness (QED) is 0.142. The van der Waals surface area contributed by atoms with Crippen LogP contribution in [0.1, 0.15) is 0 Å². The molecule has 0 saturated heterocycles. The van der Waals surface area contributed by atoms with Crippen molar-refractivity contribution in [1.82, 2.24) is 0 Å². The second-order valence-corrected chi connectivity index (χ2v) is 15.2. The fraction of sp³-hybridized carbons (Fsp3) is 0. The van der Waals surface area contributed by atoms with E-state index in [4.69, 9.17) is 0 Å². The molecule has 0 nitrogen and oxygen atoms in total. The van der Waals surface area contributed by atoms with E-state index in [-0.39, 0.29) is 0 Å². The van der Waals surface area contributed by atoms with Gasteiger partial charge >= 0.3 is 0 Å². The van der Waals surface area contributed by atoms with Crippen molar-refractivity contribution in [3.05, 3.63) is 218 Å². The van der Waals surface area contributed by atoms with Crippen molar-refractivity contribution < 1.29 is 0 Å². The van der Waals surface area contributed by atoms with E-state index in [0.29, 0.717) is 0 Å². The third-order valence-electron chi connectivity index (χ3n) is 10.6. The van der Waals surface area contributed by atoms with Crippen molar-refractivity contribution in [2.75, 3.05) is 0 Å². The van der Waals surface area contributed by atoms with E-state index in [1.165, 1.54) is 89.0 Å². The molecule has 0 N–H and O–H groups in total. The molecule has 0 radical (unpaired) electrons. The number of hydrogen-bond donors (Lipinski definition) is 2. The van der Waals surface area contributed by atoms with E-state index in [9.17, 15) is 0 Å². The zero-order valence-electron chi connectivity index (χ0n) is 30.7. The Balaban J connectivity index is 0.825. The molecule has 56 heavy (non-hydrogen) atoms. The van der Waals surface area contributed by atoms with Gasteiger partial charge in [-0.05, 0) is 113 Å². The van der Waals surface area contributed by atoms with E-state index in [0.717, 1.165) is 9.79 Å². The molecule has 0 atom stereocenters. The summed E-state index contributed by atoms with van der Waals surface area (Å²) in [7, 11) is 0. The molecular formula is C54H38S2. The Morgan fingerprint density at radius 1 is 0.125 bits per heavy atom. The molecule has 266 valence electrons. The van der Waals surface area contributed by atoms with Crippen molar-refractivity contribution in [3.8, 4) is 89.0 Å². The molecule has 0 saturated carbocycles. The van der Waals surface area contributed by atoms with Crippen molar-refractivity contribution in [3.63, 3.8) is 0 Å². The van der Waals surface area contributed by atoms with Gasteiger partial charge in [-0.3, -0.25) is 0 Å². The summed E-state index contributed by atoms with van der Waals surface area (Å²) in [6.45, 7) is 0. The monoisotopic (exact) mass is 750 g/mol. The highest BCUT2D eigenvalue weighted by Crippen LogP contribution is 2.33. The van der Waals surface area contributed by atoms with Crippen LogP contribution >= 0.6 is 25.3 Å². The second kappa shape index (κ2) is 15.8. The maximum atomic E-state index is 4.40. The maximum Gasteiger partial charge on any atom is 0.00404 e. The predicted molar refractivity (Wildman–Crippen MR) is 244 cm³/mol. The fourth-order valence-corrected chi connectivity index (χ4v) is 7.59. The molecule has 9 rings (SSSR count). The molecule has 0 fully saturated rings. The third kappa shape index (κ3) is 7.76. The van der Waals surface area contributed by atoms with Gasteiger partial charge in [0.2, 0.25) is 0 Å². The van der Waals surface area contributed by atoms with E-state index < -0.39 is 0 Å². The highest BCUT2D eigenvalue weighted by molar-refractivity contribution is 7.80. The first-order valence-electron chi connectivity index (χ1n) is 18.8. The highest BCUT2D eigenvalue weighted by atomic mass is 32.1. The lowest BCUT2D eigenvalue weighted by Crippen LogP contribution is -1.84. The molecule has 0 bridgehead atoms. The molecule has 0 aliphatic rings. The average molecular weight is 751 g/mol. The first kappa shape index (κ1) is 35.4. The minimum absolute atomic E-state index is 0.974. The molecule has 0 spiro atoms. The van der Waals surface area contributed by atoms with Gasteiger partial charge in [0.05, 0.1) is 0 Å². The number of thiol groups is 2. The predicted octanol–water partition coefficient (Wildman–Crippen LogP) is 15.6. The molecule has 0 aliphatic heterocycles. The van der Waals surface area contributed by atoms with Crippen LogP contribution in [-0.2, 0) is 0 Å². The van der Waals surface area contributed by atoms with Crippen LogP contribution in [0.25, 0.3) is 89.0 Å². The van der Waals surface area contributed by atoms with Crippen molar-refractivity contribution in [2.45, 2.75) is 9.79 Å². The summed E-state index contributed by atoms with van der Waals surface area (Å²) < 4.78 is 0. The summed E-state index contributed by atoms with van der Waals surface area (Å²) >= 11 is 8.81. The maximum absolute atomic E-state index is 4.40. The molecule has 2 heteroatoms. The molecule has 0 amide bonds. The fourth-order valence-electron chi connectivity index (χ4n) is 7.29. The van der Waals surface area contributed by atoms with Crippen LogP contribution < -0.4 is 0 Å². The summed E-state index contributed by atoms with van der Waals surface area (Å²) in [5, 5.41) is 0. The Labute approximate surface area is 340 Å². The number of benzene rings is 9. The lowest BCUT2D eigenvalue weighted by Gasteiger charge is -2.09. The van der Waals surface area contributed by atoms with Gasteiger partial charge in [0, 0.05) is 9.79 Å². The summed E-state index contributed by atoms with van der Waals surface area (Å²) in [5.74, 6) is 0. The lowest BCUT2D eigenvalue weighted by atomic mass is 9.95. The van der Waals surface area contributed by atoms with Gasteiger partial charge in [-0.15, -0.1) is 25.3 Å². The van der Waals surface area contributed by atoms with Gasteiger partial charge in [0.25, 0.3) is 0 Å². The Hall–Kier alpha value is -6.32. The average Bonchev–Trinajstić information content (AvgIpc) is 3.27. The van der Waals surface area contributed by atoms with E-state index in [1.54, 1.807) is 0 Å². The van der Waals surface area contributed by atoms with Gasteiger partial charge in [0.15, 0.2) is 0 Å². The third-order valence-corrected chi connectivity index (χ3v) is 11.2. The van der Waals surface area contributed by atoms with Gasteiger partial charge < -0.3 is 0 Å². The van der Waals surface area contributed by atoms with E-state index in [2.05, 4.69) is 219 Å². The van der Waals surface area contributed by atoms with Crippen molar-refractivity contribution in [1.29, 1.82) is 0 Å².